The summed E-state index contributed by atoms with van der Waals surface area (Å²) in [6.45, 7) is 12.9. The maximum absolute atomic E-state index is 7.48. The van der Waals surface area contributed by atoms with Crippen LogP contribution >= 0.6 is 34.8 Å². The SMILES string of the molecule is C.Clc1nc(Cl)nc(Cl)n1.[C-]#[N+]CN(c1ccccc1)c1nc(NCC2CCCN2CC)nc(NC2CCCCCC2)n1. The highest BCUT2D eigenvalue weighted by Gasteiger charge is 2.24. The standard InChI is InChI=1S/C25H36N8.C3Cl3N3.CH4/c1-3-32-17-11-16-22(32)18-27-23-29-24(28-20-12-7-4-5-8-13-20)31-25(30-23)33(19-26-2)21-14-9-6-10-15-21;4-1-7-2(5)9-3(6)8-1;/h6,9-10,14-15,20,22H,3-5,7-8,11-13,16-19H2,1H3,(H2,27,28,29,30,31);;1H4. The third-order valence-corrected chi connectivity index (χ3v) is 7.80. The monoisotopic (exact) mass is 647 g/mol. The summed E-state index contributed by atoms with van der Waals surface area (Å²) in [6, 6.07) is 10.8. The highest BCUT2D eigenvalue weighted by Crippen LogP contribution is 2.26. The number of anilines is 4. The van der Waals surface area contributed by atoms with Crippen molar-refractivity contribution in [1.82, 2.24) is 34.8 Å². The predicted molar refractivity (Wildman–Crippen MR) is 175 cm³/mol. The van der Waals surface area contributed by atoms with Gasteiger partial charge in [0.2, 0.25) is 33.7 Å². The van der Waals surface area contributed by atoms with Crippen molar-refractivity contribution in [2.45, 2.75) is 77.8 Å². The van der Waals surface area contributed by atoms with E-state index in [1.807, 2.05) is 35.2 Å². The molecule has 5 rings (SSSR count). The van der Waals surface area contributed by atoms with E-state index in [1.54, 1.807) is 0 Å². The van der Waals surface area contributed by atoms with Crippen LogP contribution in [0, 0.1) is 6.57 Å². The van der Waals surface area contributed by atoms with Gasteiger partial charge in [-0.25, -0.2) is 11.5 Å². The minimum atomic E-state index is 0. The van der Waals surface area contributed by atoms with Crippen LogP contribution in [-0.2, 0) is 0 Å². The Morgan fingerprint density at radius 2 is 1.49 bits per heavy atom. The van der Waals surface area contributed by atoms with Gasteiger partial charge in [0.1, 0.15) is 0 Å². The third-order valence-electron chi connectivity index (χ3n) is 7.29. The summed E-state index contributed by atoms with van der Waals surface area (Å²) in [4.78, 5) is 32.6. The Morgan fingerprint density at radius 3 is 2.09 bits per heavy atom. The molecule has 1 aliphatic carbocycles. The van der Waals surface area contributed by atoms with Gasteiger partial charge in [-0.2, -0.15) is 29.9 Å². The van der Waals surface area contributed by atoms with E-state index in [1.165, 1.54) is 38.5 Å². The Morgan fingerprint density at radius 1 is 0.860 bits per heavy atom. The van der Waals surface area contributed by atoms with E-state index < -0.39 is 0 Å². The van der Waals surface area contributed by atoms with Crippen molar-refractivity contribution in [3.05, 3.63) is 57.6 Å². The number of likely N-dealkylation sites (tertiary alicyclic amines) is 1. The molecule has 2 fully saturated rings. The molecule has 1 aromatic carbocycles. The van der Waals surface area contributed by atoms with Crippen LogP contribution < -0.4 is 15.5 Å². The summed E-state index contributed by atoms with van der Waals surface area (Å²) in [5.74, 6) is 1.67. The Balaban J connectivity index is 0.000000435. The van der Waals surface area contributed by atoms with Crippen molar-refractivity contribution >= 4 is 58.3 Å². The second kappa shape index (κ2) is 17.9. The van der Waals surface area contributed by atoms with Crippen LogP contribution in [0.2, 0.25) is 15.9 Å². The molecule has 3 aromatic rings. The van der Waals surface area contributed by atoms with E-state index in [2.05, 4.69) is 42.3 Å². The van der Waals surface area contributed by atoms with E-state index in [0.29, 0.717) is 29.9 Å². The molecule has 0 radical (unpaired) electrons. The number of halogens is 3. The van der Waals surface area contributed by atoms with Crippen molar-refractivity contribution in [2.24, 2.45) is 0 Å². The van der Waals surface area contributed by atoms with Gasteiger partial charge in [0.05, 0.1) is 5.69 Å². The van der Waals surface area contributed by atoms with E-state index in [4.69, 9.17) is 56.3 Å². The highest BCUT2D eigenvalue weighted by atomic mass is 35.5. The summed E-state index contributed by atoms with van der Waals surface area (Å²) < 4.78 is 0. The number of likely N-dealkylation sites (N-methyl/N-ethyl adjacent to an activating group) is 1. The minimum Gasteiger partial charge on any atom is -0.352 e. The van der Waals surface area contributed by atoms with E-state index in [0.717, 1.165) is 38.2 Å². The number of aromatic nitrogens is 6. The van der Waals surface area contributed by atoms with Gasteiger partial charge < -0.3 is 10.6 Å². The maximum Gasteiger partial charge on any atom is 0.295 e. The zero-order chi connectivity index (χ0) is 29.7. The predicted octanol–water partition coefficient (Wildman–Crippen LogP) is 7.39. The van der Waals surface area contributed by atoms with E-state index >= 15 is 0 Å². The van der Waals surface area contributed by atoms with Gasteiger partial charge in [-0.05, 0) is 85.7 Å². The number of nitrogens with zero attached hydrogens (tertiary/aromatic N) is 9. The molecule has 1 unspecified atom stereocenters. The molecular weight excluding hydrogens is 609 g/mol. The highest BCUT2D eigenvalue weighted by molar-refractivity contribution is 6.33. The molecule has 1 saturated heterocycles. The Kier molecular flexibility index (Phi) is 14.4. The summed E-state index contributed by atoms with van der Waals surface area (Å²) >= 11 is 16.0. The summed E-state index contributed by atoms with van der Waals surface area (Å²) in [6.07, 6.45) is 9.80. The molecule has 0 spiro atoms. The van der Waals surface area contributed by atoms with E-state index in [-0.39, 0.29) is 29.9 Å². The van der Waals surface area contributed by atoms with Crippen molar-refractivity contribution < 1.29 is 0 Å². The molecule has 1 aliphatic heterocycles. The number of benzene rings is 1. The first-order valence-corrected chi connectivity index (χ1v) is 15.5. The van der Waals surface area contributed by atoms with Crippen molar-refractivity contribution in [1.29, 1.82) is 0 Å². The first-order valence-electron chi connectivity index (χ1n) is 14.3. The fourth-order valence-corrected chi connectivity index (χ4v) is 5.84. The van der Waals surface area contributed by atoms with Crippen molar-refractivity contribution in [3.63, 3.8) is 0 Å². The van der Waals surface area contributed by atoms with Crippen LogP contribution in [0.5, 0.6) is 0 Å². The zero-order valence-corrected chi connectivity index (χ0v) is 26.0. The summed E-state index contributed by atoms with van der Waals surface area (Å²) in [5, 5.41) is 7.06. The smallest absolute Gasteiger partial charge is 0.295 e. The van der Waals surface area contributed by atoms with Gasteiger partial charge in [-0.15, -0.1) is 0 Å². The molecule has 2 aliphatic rings. The second-order valence-electron chi connectivity index (χ2n) is 10.1. The molecule has 0 bridgehead atoms. The van der Waals surface area contributed by atoms with Gasteiger partial charge >= 0.3 is 0 Å². The normalized spacial score (nSPS) is 17.0. The molecule has 1 atom stereocenters. The van der Waals surface area contributed by atoms with Crippen LogP contribution in [0.25, 0.3) is 4.85 Å². The molecule has 43 heavy (non-hydrogen) atoms. The average molecular weight is 649 g/mol. The molecule has 2 N–H and O–H groups in total. The summed E-state index contributed by atoms with van der Waals surface area (Å²) in [7, 11) is 0. The molecule has 232 valence electrons. The van der Waals surface area contributed by atoms with Crippen LogP contribution in [0.3, 0.4) is 0 Å². The van der Waals surface area contributed by atoms with Crippen LogP contribution in [0.4, 0.5) is 23.5 Å². The van der Waals surface area contributed by atoms with Crippen molar-refractivity contribution in [2.75, 3.05) is 41.8 Å². The van der Waals surface area contributed by atoms with E-state index in [9.17, 15) is 0 Å². The lowest BCUT2D eigenvalue weighted by molar-refractivity contribution is 0.277. The molecule has 11 nitrogen and oxygen atoms in total. The first kappa shape index (κ1) is 34.5. The van der Waals surface area contributed by atoms with Crippen LogP contribution in [0.1, 0.15) is 65.7 Å². The Labute approximate surface area is 269 Å². The number of hydrogen-bond donors (Lipinski definition) is 2. The third kappa shape index (κ3) is 10.9. The molecule has 2 aromatic heterocycles. The quantitative estimate of drug-likeness (QED) is 0.180. The Bertz CT molecular complexity index is 1250. The van der Waals surface area contributed by atoms with Crippen LogP contribution in [-0.4, -0.2) is 73.2 Å². The Hall–Kier alpha value is -3.04. The fraction of sp³-hybridized carbons (Fsp3) is 0.552. The minimum absolute atomic E-state index is 0. The average Bonchev–Trinajstić information content (AvgIpc) is 3.29. The van der Waals surface area contributed by atoms with Crippen molar-refractivity contribution in [3.8, 4) is 0 Å². The first-order chi connectivity index (χ1) is 20.4. The maximum atomic E-state index is 7.48. The summed E-state index contributed by atoms with van der Waals surface area (Å²) in [5.41, 5.74) is 0.902. The van der Waals surface area contributed by atoms with Gasteiger partial charge in [-0.3, -0.25) is 9.74 Å². The topological polar surface area (TPSA) is 112 Å². The number of nitrogens with one attached hydrogen (secondary N) is 2. The largest absolute Gasteiger partial charge is 0.352 e. The van der Waals surface area contributed by atoms with Gasteiger partial charge in [-0.1, -0.05) is 58.2 Å². The number of hydrogen-bond acceptors (Lipinski definition) is 10. The lowest BCUT2D eigenvalue weighted by atomic mass is 10.1. The van der Waals surface area contributed by atoms with Crippen LogP contribution in [0.15, 0.2) is 30.3 Å². The zero-order valence-electron chi connectivity index (χ0n) is 23.7. The molecule has 14 heteroatoms. The van der Waals surface area contributed by atoms with Gasteiger partial charge in [0.25, 0.3) is 6.67 Å². The fourth-order valence-electron chi connectivity index (χ4n) is 5.23. The molecule has 0 amide bonds. The second-order valence-corrected chi connectivity index (χ2v) is 11.1. The number of rotatable bonds is 9. The lowest BCUT2D eigenvalue weighted by Gasteiger charge is -2.24. The molecule has 3 heterocycles. The number of para-hydroxylation sites is 1. The van der Waals surface area contributed by atoms with Gasteiger partial charge in [0, 0.05) is 18.6 Å². The van der Waals surface area contributed by atoms with Gasteiger partial charge in [0.15, 0.2) is 0 Å². The molecule has 1 saturated carbocycles. The lowest BCUT2D eigenvalue weighted by Crippen LogP contribution is -2.35. The molecular formula is C29H40Cl3N11.